The van der Waals surface area contributed by atoms with E-state index in [0.717, 1.165) is 0 Å². The molecule has 0 fully saturated rings. The first-order valence-corrected chi connectivity index (χ1v) is 10.1. The molecule has 9 nitrogen and oxygen atoms in total. The van der Waals surface area contributed by atoms with Gasteiger partial charge in [0.2, 0.25) is 11.8 Å². The molecule has 0 spiro atoms. The van der Waals surface area contributed by atoms with E-state index in [4.69, 9.17) is 23.2 Å². The number of rotatable bonds is 11. The number of carbonyl (C=O) groups excluding carboxylic acids is 3. The minimum atomic E-state index is -1.15. The number of urea groups is 1. The molecular weight excluding hydrogens is 421 g/mol. The number of carbonyl (C=O) groups is 3. The van der Waals surface area contributed by atoms with Crippen LogP contribution in [0.1, 0.15) is 25.5 Å². The molecule has 0 aliphatic heterocycles. The minimum absolute atomic E-state index is 0.00245. The number of benzene rings is 1. The Morgan fingerprint density at radius 2 is 1.69 bits per heavy atom. The van der Waals surface area contributed by atoms with Crippen molar-refractivity contribution in [3.8, 4) is 0 Å². The maximum atomic E-state index is 13.0. The Balaban J connectivity index is 3.05. The Labute approximate surface area is 179 Å². The van der Waals surface area contributed by atoms with E-state index in [2.05, 4.69) is 21.2 Å². The number of nitrogens with one attached hydrogen (secondary N) is 3. The zero-order valence-corrected chi connectivity index (χ0v) is 17.7. The number of alkyl halides is 2. The van der Waals surface area contributed by atoms with E-state index >= 15 is 0 Å². The van der Waals surface area contributed by atoms with E-state index in [1.807, 2.05) is 0 Å². The summed E-state index contributed by atoms with van der Waals surface area (Å²) in [6.07, 6.45) is 0. The van der Waals surface area contributed by atoms with E-state index in [-0.39, 0.29) is 36.7 Å². The fourth-order valence-corrected chi connectivity index (χ4v) is 2.71. The first-order valence-electron chi connectivity index (χ1n) is 9.01. The molecule has 0 saturated heterocycles. The molecule has 0 unspecified atom stereocenters. The average Bonchev–Trinajstić information content (AvgIpc) is 2.72. The van der Waals surface area contributed by atoms with Gasteiger partial charge in [0.05, 0.1) is 11.8 Å². The molecule has 0 aromatic heterocycles. The third-order valence-corrected chi connectivity index (χ3v) is 4.29. The van der Waals surface area contributed by atoms with Gasteiger partial charge in [-0.25, -0.2) is 4.79 Å². The van der Waals surface area contributed by atoms with Crippen molar-refractivity contribution >= 4 is 41.0 Å². The van der Waals surface area contributed by atoms with Crippen LogP contribution in [0.15, 0.2) is 35.6 Å². The van der Waals surface area contributed by atoms with Gasteiger partial charge >= 0.3 is 6.03 Å². The van der Waals surface area contributed by atoms with Gasteiger partial charge < -0.3 is 16.0 Å². The summed E-state index contributed by atoms with van der Waals surface area (Å²) < 4.78 is 0. The molecule has 1 aromatic rings. The van der Waals surface area contributed by atoms with Gasteiger partial charge in [-0.15, -0.1) is 28.1 Å². The highest BCUT2D eigenvalue weighted by Crippen LogP contribution is 2.15. The highest BCUT2D eigenvalue weighted by atomic mass is 35.5. The van der Waals surface area contributed by atoms with Crippen molar-refractivity contribution in [2.75, 3.05) is 24.8 Å². The largest absolute Gasteiger partial charge is 0.353 e. The van der Waals surface area contributed by atoms with Gasteiger partial charge in [0.25, 0.3) is 0 Å². The molecule has 2 atom stereocenters. The first kappa shape index (κ1) is 24.6. The molecule has 0 radical (unpaired) electrons. The smallest absolute Gasteiger partial charge is 0.341 e. The first-order chi connectivity index (χ1) is 13.8. The van der Waals surface area contributed by atoms with E-state index in [1.165, 1.54) is 0 Å². The Morgan fingerprint density at radius 1 is 1.03 bits per heavy atom. The maximum absolute atomic E-state index is 13.0. The molecular formula is C18H25Cl2N5O4. The summed E-state index contributed by atoms with van der Waals surface area (Å²) in [5, 5.41) is 11.0. The quantitative estimate of drug-likeness (QED) is 0.274. The van der Waals surface area contributed by atoms with Crippen molar-refractivity contribution in [3.63, 3.8) is 0 Å². The van der Waals surface area contributed by atoms with Crippen LogP contribution in [-0.2, 0) is 9.59 Å². The molecule has 0 aliphatic rings. The van der Waals surface area contributed by atoms with Crippen LogP contribution in [0.25, 0.3) is 0 Å². The standard InChI is InChI=1S/C18H25Cl2N5O4/c1-12(2)14(16(26)21-10-8-19)22-17(27)15(13-6-4-3-5-7-13)23-18(28)25(24-29)11-9-20/h3-7,12,14-15H,8-11H2,1-2H3,(H,21,26)(H,22,27)(H,23,28)/t14-,15-/m1/s1. The fraction of sp³-hybridized carbons (Fsp3) is 0.500. The Bertz CT molecular complexity index is 690. The van der Waals surface area contributed by atoms with Crippen LogP contribution in [0.5, 0.6) is 0 Å². The van der Waals surface area contributed by atoms with Gasteiger partial charge in [-0.2, -0.15) is 5.01 Å². The average molecular weight is 446 g/mol. The summed E-state index contributed by atoms with van der Waals surface area (Å²) in [5.74, 6) is -0.975. The maximum Gasteiger partial charge on any atom is 0.341 e. The van der Waals surface area contributed by atoms with Crippen LogP contribution < -0.4 is 16.0 Å². The summed E-state index contributed by atoms with van der Waals surface area (Å²) in [5.41, 5.74) is 0.471. The SMILES string of the molecule is CC(C)[C@@H](NC(=O)[C@H](NC(=O)N(CCCl)N=O)c1ccccc1)C(=O)NCCCl. The number of amides is 4. The fourth-order valence-electron chi connectivity index (χ4n) is 2.46. The number of nitrogens with zero attached hydrogens (tertiary/aromatic N) is 2. The van der Waals surface area contributed by atoms with Crippen molar-refractivity contribution in [2.24, 2.45) is 11.2 Å². The van der Waals surface area contributed by atoms with Crippen molar-refractivity contribution in [3.05, 3.63) is 40.8 Å². The highest BCUT2D eigenvalue weighted by molar-refractivity contribution is 6.18. The number of hydrogen-bond acceptors (Lipinski definition) is 5. The topological polar surface area (TPSA) is 120 Å². The lowest BCUT2D eigenvalue weighted by Crippen LogP contribution is -2.53. The summed E-state index contributed by atoms with van der Waals surface area (Å²) in [4.78, 5) is 48.5. The van der Waals surface area contributed by atoms with Crippen molar-refractivity contribution in [2.45, 2.75) is 25.9 Å². The Morgan fingerprint density at radius 3 is 2.21 bits per heavy atom. The summed E-state index contributed by atoms with van der Waals surface area (Å²) >= 11 is 11.2. The monoisotopic (exact) mass is 445 g/mol. The molecule has 0 saturated carbocycles. The highest BCUT2D eigenvalue weighted by Gasteiger charge is 2.30. The van der Waals surface area contributed by atoms with Crippen LogP contribution in [0.2, 0.25) is 0 Å². The second-order valence-electron chi connectivity index (χ2n) is 6.40. The summed E-state index contributed by atoms with van der Waals surface area (Å²) in [7, 11) is 0. The Hall–Kier alpha value is -2.39. The van der Waals surface area contributed by atoms with Gasteiger partial charge in [0.15, 0.2) is 0 Å². The molecule has 0 bridgehead atoms. The molecule has 1 rings (SSSR count). The van der Waals surface area contributed by atoms with Crippen LogP contribution >= 0.6 is 23.2 Å². The van der Waals surface area contributed by atoms with E-state index in [0.29, 0.717) is 10.6 Å². The normalized spacial score (nSPS) is 12.6. The summed E-state index contributed by atoms with van der Waals surface area (Å²) in [6, 6.07) is 5.57. The van der Waals surface area contributed by atoms with Crippen molar-refractivity contribution in [1.29, 1.82) is 0 Å². The van der Waals surface area contributed by atoms with Crippen LogP contribution in [0.4, 0.5) is 4.79 Å². The predicted octanol–water partition coefficient (Wildman–Crippen LogP) is 2.16. The van der Waals surface area contributed by atoms with Crippen molar-refractivity contribution in [1.82, 2.24) is 21.0 Å². The number of hydrogen-bond donors (Lipinski definition) is 3. The Kier molecular flexibility index (Phi) is 11.0. The number of halogens is 2. The third kappa shape index (κ3) is 7.86. The van der Waals surface area contributed by atoms with Crippen LogP contribution in [-0.4, -0.2) is 53.7 Å². The molecule has 160 valence electrons. The second-order valence-corrected chi connectivity index (χ2v) is 7.15. The molecule has 29 heavy (non-hydrogen) atoms. The third-order valence-electron chi connectivity index (χ3n) is 3.93. The lowest BCUT2D eigenvalue weighted by Gasteiger charge is -2.26. The van der Waals surface area contributed by atoms with Gasteiger partial charge in [-0.1, -0.05) is 44.2 Å². The molecule has 3 N–H and O–H groups in total. The molecule has 0 aliphatic carbocycles. The molecule has 0 heterocycles. The van der Waals surface area contributed by atoms with Gasteiger partial charge in [0, 0.05) is 18.3 Å². The van der Waals surface area contributed by atoms with Gasteiger partial charge in [-0.3, -0.25) is 9.59 Å². The van der Waals surface area contributed by atoms with Crippen LogP contribution in [0.3, 0.4) is 0 Å². The lowest BCUT2D eigenvalue weighted by atomic mass is 10.0. The van der Waals surface area contributed by atoms with E-state index in [9.17, 15) is 19.3 Å². The number of nitroso groups, excluding NO2 is 1. The molecule has 1 aromatic carbocycles. The van der Waals surface area contributed by atoms with E-state index < -0.39 is 24.0 Å². The summed E-state index contributed by atoms with van der Waals surface area (Å²) in [6.45, 7) is 3.70. The van der Waals surface area contributed by atoms with Crippen LogP contribution in [0, 0.1) is 10.8 Å². The predicted molar refractivity (Wildman–Crippen MR) is 111 cm³/mol. The van der Waals surface area contributed by atoms with E-state index in [1.54, 1.807) is 44.2 Å². The second kappa shape index (κ2) is 12.9. The van der Waals surface area contributed by atoms with Gasteiger partial charge in [-0.05, 0) is 11.5 Å². The lowest BCUT2D eigenvalue weighted by molar-refractivity contribution is -0.131. The minimum Gasteiger partial charge on any atom is -0.353 e. The molecule has 11 heteroatoms. The van der Waals surface area contributed by atoms with Crippen molar-refractivity contribution < 1.29 is 14.4 Å². The van der Waals surface area contributed by atoms with Gasteiger partial charge in [0.1, 0.15) is 12.1 Å². The molecule has 4 amide bonds. The zero-order valence-electron chi connectivity index (χ0n) is 16.2. The zero-order chi connectivity index (χ0) is 21.8.